The number of para-hydroxylation sites is 1. The fourth-order valence-corrected chi connectivity index (χ4v) is 5.27. The van der Waals surface area contributed by atoms with Crippen molar-refractivity contribution in [2.45, 2.75) is 38.0 Å². The Bertz CT molecular complexity index is 1210. The van der Waals surface area contributed by atoms with E-state index in [0.717, 1.165) is 30.7 Å². The highest BCUT2D eigenvalue weighted by molar-refractivity contribution is 6.04. The summed E-state index contributed by atoms with van der Waals surface area (Å²) in [5, 5.41) is 9.83. The average Bonchev–Trinajstić information content (AvgIpc) is 3.26. The minimum absolute atomic E-state index is 0.129. The number of benzene rings is 3. The maximum Gasteiger partial charge on any atom is 0.219 e. The van der Waals surface area contributed by atoms with Crippen LogP contribution in [0.1, 0.15) is 43.4 Å². The first-order valence-corrected chi connectivity index (χ1v) is 11.0. The molecule has 3 aliphatic rings. The van der Waals surface area contributed by atoms with E-state index in [0.29, 0.717) is 13.1 Å². The Morgan fingerprint density at radius 3 is 2.55 bits per heavy atom. The van der Waals surface area contributed by atoms with Crippen molar-refractivity contribution >= 4 is 22.4 Å². The third-order valence-electron chi connectivity index (χ3n) is 6.98. The third kappa shape index (κ3) is 2.91. The number of fused-ring (bicyclic) bond motifs is 5. The highest BCUT2D eigenvalue weighted by Gasteiger charge is 2.52. The molecule has 156 valence electrons. The molecule has 5 heteroatoms. The Hall–Kier alpha value is -3.34. The van der Waals surface area contributed by atoms with Crippen LogP contribution in [-0.2, 0) is 4.79 Å². The smallest absolute Gasteiger partial charge is 0.219 e. The van der Waals surface area contributed by atoms with Gasteiger partial charge in [0.05, 0.1) is 11.8 Å². The zero-order valence-electron chi connectivity index (χ0n) is 17.6. The molecule has 3 heterocycles. The number of amides is 1. The molecular weight excluding hydrogens is 386 g/mol. The normalized spacial score (nSPS) is 21.5. The van der Waals surface area contributed by atoms with Crippen molar-refractivity contribution in [3.05, 3.63) is 77.9 Å². The molecule has 0 aromatic heterocycles. The van der Waals surface area contributed by atoms with E-state index in [9.17, 15) is 4.79 Å². The van der Waals surface area contributed by atoms with E-state index >= 15 is 0 Å². The molecule has 1 spiro atoms. The highest BCUT2D eigenvalue weighted by atomic mass is 16.5. The second-order valence-electron chi connectivity index (χ2n) is 8.77. The lowest BCUT2D eigenvalue weighted by Crippen LogP contribution is -2.59. The summed E-state index contributed by atoms with van der Waals surface area (Å²) < 4.78 is 6.64. The Balaban J connectivity index is 1.41. The molecular formula is C26H25N3O2. The molecule has 3 aliphatic heterocycles. The van der Waals surface area contributed by atoms with Crippen LogP contribution >= 0.6 is 0 Å². The number of carbonyl (C=O) groups excluding carboxylic acids is 1. The molecule has 1 saturated heterocycles. The molecule has 31 heavy (non-hydrogen) atoms. The van der Waals surface area contributed by atoms with Gasteiger partial charge in [0.1, 0.15) is 5.75 Å². The quantitative estimate of drug-likeness (QED) is 0.582. The van der Waals surface area contributed by atoms with Gasteiger partial charge in [-0.05, 0) is 28.5 Å². The van der Waals surface area contributed by atoms with E-state index in [4.69, 9.17) is 9.84 Å². The van der Waals surface area contributed by atoms with Crippen molar-refractivity contribution in [1.82, 2.24) is 9.91 Å². The van der Waals surface area contributed by atoms with Crippen LogP contribution in [0.15, 0.2) is 71.8 Å². The Morgan fingerprint density at radius 2 is 1.74 bits per heavy atom. The van der Waals surface area contributed by atoms with Crippen LogP contribution in [0.2, 0.25) is 0 Å². The number of hydrogen-bond acceptors (Lipinski definition) is 4. The molecule has 0 N–H and O–H groups in total. The first-order valence-electron chi connectivity index (χ1n) is 11.0. The summed E-state index contributed by atoms with van der Waals surface area (Å²) in [5.41, 5.74) is 2.97. The van der Waals surface area contributed by atoms with Crippen LogP contribution in [0.3, 0.4) is 0 Å². The summed E-state index contributed by atoms with van der Waals surface area (Å²) in [5.74, 6) is 1.08. The monoisotopic (exact) mass is 411 g/mol. The second-order valence-corrected chi connectivity index (χ2v) is 8.77. The number of nitrogens with zero attached hydrogens (tertiary/aromatic N) is 3. The van der Waals surface area contributed by atoms with Crippen molar-refractivity contribution in [3.8, 4) is 5.75 Å². The molecule has 0 bridgehead atoms. The minimum Gasteiger partial charge on any atom is -0.466 e. The molecule has 6 rings (SSSR count). The molecule has 1 atom stereocenters. The number of carbonyl (C=O) groups is 1. The summed E-state index contributed by atoms with van der Waals surface area (Å²) in [6.45, 7) is 3.03. The van der Waals surface area contributed by atoms with Gasteiger partial charge in [0, 0.05) is 44.8 Å². The second kappa shape index (κ2) is 6.84. The predicted molar refractivity (Wildman–Crippen MR) is 121 cm³/mol. The van der Waals surface area contributed by atoms with Gasteiger partial charge in [0.15, 0.2) is 0 Å². The van der Waals surface area contributed by atoms with Crippen molar-refractivity contribution < 1.29 is 9.53 Å². The van der Waals surface area contributed by atoms with E-state index in [-0.39, 0.29) is 11.9 Å². The van der Waals surface area contributed by atoms with E-state index in [1.165, 1.54) is 21.9 Å². The Kier molecular flexibility index (Phi) is 4.07. The average molecular weight is 412 g/mol. The summed E-state index contributed by atoms with van der Waals surface area (Å²) in [7, 11) is 0. The predicted octanol–water partition coefficient (Wildman–Crippen LogP) is 4.72. The van der Waals surface area contributed by atoms with Gasteiger partial charge in [-0.2, -0.15) is 5.10 Å². The molecule has 0 aliphatic carbocycles. The van der Waals surface area contributed by atoms with Gasteiger partial charge < -0.3 is 9.64 Å². The van der Waals surface area contributed by atoms with Gasteiger partial charge in [-0.3, -0.25) is 4.79 Å². The van der Waals surface area contributed by atoms with Gasteiger partial charge >= 0.3 is 0 Å². The van der Waals surface area contributed by atoms with E-state index in [1.807, 2.05) is 11.0 Å². The zero-order valence-corrected chi connectivity index (χ0v) is 17.6. The van der Waals surface area contributed by atoms with Gasteiger partial charge in [0.25, 0.3) is 0 Å². The van der Waals surface area contributed by atoms with Crippen LogP contribution in [0, 0.1) is 0 Å². The molecule has 5 nitrogen and oxygen atoms in total. The molecule has 0 unspecified atom stereocenters. The first kappa shape index (κ1) is 18.4. The van der Waals surface area contributed by atoms with Crippen LogP contribution in [0.4, 0.5) is 0 Å². The molecule has 1 amide bonds. The van der Waals surface area contributed by atoms with Crippen LogP contribution in [-0.4, -0.2) is 40.3 Å². The van der Waals surface area contributed by atoms with Crippen LogP contribution < -0.4 is 4.74 Å². The van der Waals surface area contributed by atoms with Crippen molar-refractivity contribution in [2.24, 2.45) is 5.10 Å². The molecule has 0 radical (unpaired) electrons. The third-order valence-corrected chi connectivity index (χ3v) is 6.98. The van der Waals surface area contributed by atoms with Crippen LogP contribution in [0.25, 0.3) is 10.8 Å². The number of piperidine rings is 1. The SMILES string of the molecule is CC(=O)N1CCC2(CC1)Oc1ccccc1[C@H]1CC(c3ccc4ccccc4c3)=NN12. The van der Waals surface area contributed by atoms with Crippen molar-refractivity contribution in [1.29, 1.82) is 0 Å². The topological polar surface area (TPSA) is 45.1 Å². The summed E-state index contributed by atoms with van der Waals surface area (Å²) in [6, 6.07) is 23.5. The lowest BCUT2D eigenvalue weighted by atomic mass is 9.90. The van der Waals surface area contributed by atoms with Gasteiger partial charge in [0.2, 0.25) is 11.6 Å². The number of hydrazone groups is 1. The maximum absolute atomic E-state index is 11.9. The summed E-state index contributed by atoms with van der Waals surface area (Å²) >= 11 is 0. The number of rotatable bonds is 1. The van der Waals surface area contributed by atoms with E-state index in [2.05, 4.69) is 65.7 Å². The zero-order chi connectivity index (χ0) is 21.0. The largest absolute Gasteiger partial charge is 0.466 e. The molecule has 1 fully saturated rings. The van der Waals surface area contributed by atoms with Gasteiger partial charge in [-0.25, -0.2) is 5.01 Å². The standard InChI is InChI=1S/C26H25N3O2/c1-18(30)28-14-12-26(13-15-28)29-24(22-8-4-5-9-25(22)31-26)17-23(27-29)21-11-10-19-6-2-3-7-20(19)16-21/h2-11,16,24H,12-15,17H2,1H3/t24-/m1/s1. The van der Waals surface area contributed by atoms with Crippen molar-refractivity contribution in [3.63, 3.8) is 0 Å². The fraction of sp³-hybridized carbons (Fsp3) is 0.308. The fourth-order valence-electron chi connectivity index (χ4n) is 5.27. The molecule has 3 aromatic carbocycles. The number of hydrogen-bond donors (Lipinski definition) is 0. The van der Waals surface area contributed by atoms with E-state index < -0.39 is 5.72 Å². The first-order chi connectivity index (χ1) is 15.1. The summed E-state index contributed by atoms with van der Waals surface area (Å²) in [6.07, 6.45) is 2.37. The summed E-state index contributed by atoms with van der Waals surface area (Å²) in [4.78, 5) is 13.8. The molecule has 3 aromatic rings. The lowest BCUT2D eigenvalue weighted by molar-refractivity contribution is -0.158. The van der Waals surface area contributed by atoms with E-state index in [1.54, 1.807) is 6.92 Å². The van der Waals surface area contributed by atoms with Crippen LogP contribution in [0.5, 0.6) is 5.75 Å². The lowest BCUT2D eigenvalue weighted by Gasteiger charge is -2.51. The number of ether oxygens (including phenoxy) is 1. The minimum atomic E-state index is -0.496. The van der Waals surface area contributed by atoms with Gasteiger partial charge in [-0.1, -0.05) is 54.6 Å². The molecule has 0 saturated carbocycles. The van der Waals surface area contributed by atoms with Crippen molar-refractivity contribution in [2.75, 3.05) is 13.1 Å². The highest BCUT2D eigenvalue weighted by Crippen LogP contribution is 2.49. The maximum atomic E-state index is 11.9. The number of likely N-dealkylation sites (tertiary alicyclic amines) is 1. The van der Waals surface area contributed by atoms with Gasteiger partial charge in [-0.15, -0.1) is 0 Å². The Labute approximate surface area is 181 Å². The Morgan fingerprint density at radius 1 is 1.00 bits per heavy atom.